The van der Waals surface area contributed by atoms with E-state index in [1.165, 1.54) is 71.6 Å². The monoisotopic (exact) mass is 830 g/mol. The van der Waals surface area contributed by atoms with Crippen molar-refractivity contribution in [1.82, 2.24) is 4.98 Å². The highest BCUT2D eigenvalue weighted by atomic mass is 16.3. The number of anilines is 2. The maximum atomic E-state index is 6.46. The molecule has 1 heterocycles. The SMILES string of the molecule is c1ccc(-c2nc3ccc4c(-c5ccc(-c6ccc(N(Cc7ccc(-c8cccc9ccccc89)cc7-c7ccccc7)c7ccccc7)cc6)c6ccccc56)cccc4c3o2)cc1. The highest BCUT2D eigenvalue weighted by Gasteiger charge is 2.19. The van der Waals surface area contributed by atoms with Crippen LogP contribution in [0.3, 0.4) is 0 Å². The van der Waals surface area contributed by atoms with E-state index in [0.29, 0.717) is 12.4 Å². The van der Waals surface area contributed by atoms with Gasteiger partial charge in [0.25, 0.3) is 0 Å². The van der Waals surface area contributed by atoms with Gasteiger partial charge in [-0.25, -0.2) is 4.98 Å². The fraction of sp³-hybridized carbons (Fsp3) is 0.0161. The maximum Gasteiger partial charge on any atom is 0.227 e. The molecule has 306 valence electrons. The van der Waals surface area contributed by atoms with E-state index < -0.39 is 0 Å². The Balaban J connectivity index is 0.914. The minimum Gasteiger partial charge on any atom is -0.435 e. The number of oxazole rings is 1. The van der Waals surface area contributed by atoms with E-state index in [2.05, 4.69) is 217 Å². The van der Waals surface area contributed by atoms with Crippen molar-refractivity contribution >= 4 is 54.8 Å². The summed E-state index contributed by atoms with van der Waals surface area (Å²) >= 11 is 0. The number of hydrogen-bond donors (Lipinski definition) is 0. The molecule has 0 radical (unpaired) electrons. The molecule has 0 aliphatic heterocycles. The largest absolute Gasteiger partial charge is 0.435 e. The van der Waals surface area contributed by atoms with Crippen molar-refractivity contribution in [3.8, 4) is 56.0 Å². The molecule has 0 saturated carbocycles. The molecule has 0 amide bonds. The first-order valence-corrected chi connectivity index (χ1v) is 22.2. The molecule has 0 atom stereocenters. The second kappa shape index (κ2) is 16.3. The quantitative estimate of drug-likeness (QED) is 0.145. The highest BCUT2D eigenvalue weighted by Crippen LogP contribution is 2.42. The summed E-state index contributed by atoms with van der Waals surface area (Å²) in [6.07, 6.45) is 0. The first kappa shape index (κ1) is 38.2. The average molecular weight is 831 g/mol. The van der Waals surface area contributed by atoms with Crippen LogP contribution in [0.1, 0.15) is 5.56 Å². The van der Waals surface area contributed by atoms with Crippen molar-refractivity contribution in [1.29, 1.82) is 0 Å². The smallest absolute Gasteiger partial charge is 0.227 e. The Hall–Kier alpha value is -8.53. The van der Waals surface area contributed by atoms with Crippen LogP contribution in [0.15, 0.2) is 247 Å². The molecular formula is C62H42N2O. The number of benzene rings is 11. The van der Waals surface area contributed by atoms with Crippen LogP contribution in [-0.2, 0) is 6.54 Å². The van der Waals surface area contributed by atoms with Crippen molar-refractivity contribution in [2.75, 3.05) is 4.90 Å². The highest BCUT2D eigenvalue weighted by molar-refractivity contribution is 6.14. The molecule has 1 aromatic heterocycles. The van der Waals surface area contributed by atoms with Crippen LogP contribution in [0.2, 0.25) is 0 Å². The van der Waals surface area contributed by atoms with Crippen molar-refractivity contribution in [3.63, 3.8) is 0 Å². The zero-order valence-electron chi connectivity index (χ0n) is 35.6. The molecule has 0 aliphatic carbocycles. The average Bonchev–Trinajstić information content (AvgIpc) is 3.84. The van der Waals surface area contributed by atoms with Crippen LogP contribution in [0, 0.1) is 0 Å². The van der Waals surface area contributed by atoms with Crippen LogP contribution in [-0.4, -0.2) is 4.98 Å². The van der Waals surface area contributed by atoms with Crippen molar-refractivity contribution in [3.05, 3.63) is 248 Å². The molecule has 0 unspecified atom stereocenters. The summed E-state index contributed by atoms with van der Waals surface area (Å²) in [6, 6.07) is 87.1. The van der Waals surface area contributed by atoms with Crippen LogP contribution in [0.5, 0.6) is 0 Å². The molecule has 65 heavy (non-hydrogen) atoms. The molecule has 0 bridgehead atoms. The van der Waals surface area contributed by atoms with Crippen molar-refractivity contribution < 1.29 is 4.42 Å². The van der Waals surface area contributed by atoms with Crippen LogP contribution in [0.25, 0.3) is 99.4 Å². The fourth-order valence-corrected chi connectivity index (χ4v) is 9.64. The summed E-state index contributed by atoms with van der Waals surface area (Å²) in [5, 5.41) is 7.11. The number of aromatic nitrogens is 1. The van der Waals surface area contributed by atoms with Gasteiger partial charge in [-0.15, -0.1) is 0 Å². The molecule has 0 spiro atoms. The van der Waals surface area contributed by atoms with Crippen molar-refractivity contribution in [2.24, 2.45) is 0 Å². The normalized spacial score (nSPS) is 11.4. The van der Waals surface area contributed by atoms with Crippen LogP contribution in [0.4, 0.5) is 11.4 Å². The van der Waals surface area contributed by atoms with Gasteiger partial charge in [0.15, 0.2) is 5.58 Å². The molecule has 0 aliphatic rings. The first-order chi connectivity index (χ1) is 32.2. The zero-order valence-corrected chi connectivity index (χ0v) is 35.6. The van der Waals surface area contributed by atoms with Gasteiger partial charge in [-0.3, -0.25) is 0 Å². The number of nitrogens with zero attached hydrogens (tertiary/aromatic N) is 2. The molecule has 0 N–H and O–H groups in total. The Morgan fingerprint density at radius 1 is 0.338 bits per heavy atom. The van der Waals surface area contributed by atoms with Crippen molar-refractivity contribution in [2.45, 2.75) is 6.54 Å². The summed E-state index contributed by atoms with van der Waals surface area (Å²) < 4.78 is 6.46. The third kappa shape index (κ3) is 7.00. The predicted molar refractivity (Wildman–Crippen MR) is 272 cm³/mol. The Bertz CT molecular complexity index is 3670. The van der Waals surface area contributed by atoms with Crippen LogP contribution < -0.4 is 4.90 Å². The van der Waals surface area contributed by atoms with Gasteiger partial charge in [0.05, 0.1) is 0 Å². The molecule has 3 nitrogen and oxygen atoms in total. The number of para-hydroxylation sites is 1. The lowest BCUT2D eigenvalue weighted by molar-refractivity contribution is 0.623. The Morgan fingerprint density at radius 2 is 0.862 bits per heavy atom. The van der Waals surface area contributed by atoms with Gasteiger partial charge < -0.3 is 9.32 Å². The zero-order chi connectivity index (χ0) is 43.1. The molecule has 3 heteroatoms. The maximum absolute atomic E-state index is 6.46. The Labute approximate surface area is 378 Å². The Kier molecular flexibility index (Phi) is 9.57. The second-order valence-corrected chi connectivity index (χ2v) is 16.6. The lowest BCUT2D eigenvalue weighted by atomic mass is 9.90. The lowest BCUT2D eigenvalue weighted by Crippen LogP contribution is -2.17. The van der Waals surface area contributed by atoms with Gasteiger partial charge in [-0.1, -0.05) is 194 Å². The Morgan fingerprint density at radius 3 is 1.65 bits per heavy atom. The van der Waals surface area contributed by atoms with Gasteiger partial charge in [-0.2, -0.15) is 0 Å². The predicted octanol–water partition coefficient (Wildman–Crippen LogP) is 17.0. The summed E-state index contributed by atoms with van der Waals surface area (Å²) in [6.45, 7) is 0.694. The molecule has 12 aromatic rings. The van der Waals surface area contributed by atoms with Gasteiger partial charge in [-0.05, 0) is 126 Å². The number of hydrogen-bond acceptors (Lipinski definition) is 3. The first-order valence-electron chi connectivity index (χ1n) is 22.2. The van der Waals surface area contributed by atoms with E-state index in [4.69, 9.17) is 9.40 Å². The number of fused-ring (bicyclic) bond motifs is 5. The topological polar surface area (TPSA) is 29.3 Å². The second-order valence-electron chi connectivity index (χ2n) is 16.6. The summed E-state index contributed by atoms with van der Waals surface area (Å²) in [5.41, 5.74) is 15.8. The van der Waals surface area contributed by atoms with E-state index in [1.54, 1.807) is 0 Å². The summed E-state index contributed by atoms with van der Waals surface area (Å²) in [5.74, 6) is 0.634. The summed E-state index contributed by atoms with van der Waals surface area (Å²) in [4.78, 5) is 7.28. The number of rotatable bonds is 9. The molecular weight excluding hydrogens is 789 g/mol. The minimum atomic E-state index is 0.634. The third-order valence-electron chi connectivity index (χ3n) is 12.8. The minimum absolute atomic E-state index is 0.634. The van der Waals surface area contributed by atoms with E-state index in [1.807, 2.05) is 30.3 Å². The third-order valence-corrected chi connectivity index (χ3v) is 12.8. The van der Waals surface area contributed by atoms with E-state index in [-0.39, 0.29) is 0 Å². The van der Waals surface area contributed by atoms with Gasteiger partial charge in [0.1, 0.15) is 5.52 Å². The standard InChI is InChI=1S/C62H42N2O/c1-4-16-43(17-5-1)59-40-46(51-27-14-21-42-18-10-11-24-50(42)51)30-31-47(59)41-64(48-22-8-3-9-23-48)49-34-32-44(33-35-49)52-36-37-56(54-26-13-12-25-53(52)54)55-28-15-29-58-57(55)38-39-60-61(58)65-62(63-60)45-19-6-2-7-20-45/h1-40H,41H2. The molecule has 12 rings (SSSR count). The van der Waals surface area contributed by atoms with E-state index in [9.17, 15) is 0 Å². The fourth-order valence-electron chi connectivity index (χ4n) is 9.64. The lowest BCUT2D eigenvalue weighted by Gasteiger charge is -2.27. The van der Waals surface area contributed by atoms with Crippen LogP contribution >= 0.6 is 0 Å². The van der Waals surface area contributed by atoms with E-state index >= 15 is 0 Å². The summed E-state index contributed by atoms with van der Waals surface area (Å²) in [7, 11) is 0. The molecule has 0 saturated heterocycles. The van der Waals surface area contributed by atoms with Gasteiger partial charge in [0, 0.05) is 28.9 Å². The van der Waals surface area contributed by atoms with Gasteiger partial charge in [0.2, 0.25) is 5.89 Å². The van der Waals surface area contributed by atoms with E-state index in [0.717, 1.165) is 38.8 Å². The molecule has 11 aromatic carbocycles. The van der Waals surface area contributed by atoms with Gasteiger partial charge >= 0.3 is 0 Å². The molecule has 0 fully saturated rings.